The van der Waals surface area contributed by atoms with Crippen LogP contribution in [0.1, 0.15) is 39.5 Å². The normalized spacial score (nSPS) is 28.6. The average Bonchev–Trinajstić information content (AvgIpc) is 2.48. The van der Waals surface area contributed by atoms with E-state index in [1.807, 2.05) is 13.8 Å². The first-order chi connectivity index (χ1) is 6.43. The van der Waals surface area contributed by atoms with E-state index in [0.717, 1.165) is 25.7 Å². The van der Waals surface area contributed by atoms with E-state index >= 15 is 0 Å². The van der Waals surface area contributed by atoms with Crippen molar-refractivity contribution in [3.63, 3.8) is 0 Å². The quantitative estimate of drug-likeness (QED) is 0.776. The molecule has 2 unspecified atom stereocenters. The first-order valence-corrected chi connectivity index (χ1v) is 7.12. The summed E-state index contributed by atoms with van der Waals surface area (Å²) in [7, 11) is -2.93. The average molecular weight is 219 g/mol. The molecule has 0 bridgehead atoms. The molecular weight excluding hydrogens is 198 g/mol. The smallest absolute Gasteiger partial charge is 0.154 e. The molecule has 84 valence electrons. The molecule has 0 saturated heterocycles. The summed E-state index contributed by atoms with van der Waals surface area (Å²) < 4.78 is 23.7. The molecule has 1 rings (SSSR count). The molecule has 2 atom stereocenters. The Morgan fingerprint density at radius 3 is 2.43 bits per heavy atom. The lowest BCUT2D eigenvalue weighted by Crippen LogP contribution is -2.37. The van der Waals surface area contributed by atoms with Gasteiger partial charge in [-0.1, -0.05) is 20.3 Å². The fourth-order valence-corrected chi connectivity index (χ4v) is 4.25. The molecule has 1 aliphatic carbocycles. The summed E-state index contributed by atoms with van der Waals surface area (Å²) in [6, 6.07) is -0.118. The Morgan fingerprint density at radius 1 is 1.36 bits per heavy atom. The number of rotatable bonds is 4. The molecule has 2 N–H and O–H groups in total. The highest BCUT2D eigenvalue weighted by Gasteiger charge is 2.34. The van der Waals surface area contributed by atoms with E-state index in [2.05, 4.69) is 0 Å². The van der Waals surface area contributed by atoms with Crippen LogP contribution >= 0.6 is 0 Å². The van der Waals surface area contributed by atoms with E-state index < -0.39 is 9.84 Å². The minimum absolute atomic E-state index is 0.118. The van der Waals surface area contributed by atoms with Crippen LogP contribution in [-0.4, -0.2) is 25.5 Å². The van der Waals surface area contributed by atoms with Gasteiger partial charge in [0, 0.05) is 6.04 Å². The van der Waals surface area contributed by atoms with Crippen molar-refractivity contribution in [1.29, 1.82) is 0 Å². The molecule has 0 aromatic rings. The van der Waals surface area contributed by atoms with Crippen molar-refractivity contribution in [1.82, 2.24) is 0 Å². The van der Waals surface area contributed by atoms with Gasteiger partial charge >= 0.3 is 0 Å². The van der Waals surface area contributed by atoms with Crippen LogP contribution in [0.5, 0.6) is 0 Å². The lowest BCUT2D eigenvalue weighted by atomic mass is 10.2. The van der Waals surface area contributed by atoms with E-state index in [1.54, 1.807) is 0 Å². The van der Waals surface area contributed by atoms with Crippen molar-refractivity contribution in [2.75, 3.05) is 5.75 Å². The monoisotopic (exact) mass is 219 g/mol. The zero-order valence-corrected chi connectivity index (χ0v) is 9.89. The Bertz CT molecular complexity index is 272. The fourth-order valence-electron chi connectivity index (χ4n) is 1.95. The summed E-state index contributed by atoms with van der Waals surface area (Å²) in [5.74, 6) is 0.755. The highest BCUT2D eigenvalue weighted by molar-refractivity contribution is 7.92. The fraction of sp³-hybridized carbons (Fsp3) is 1.00. The molecule has 0 amide bonds. The Labute approximate surface area is 87.0 Å². The van der Waals surface area contributed by atoms with Gasteiger partial charge < -0.3 is 5.73 Å². The van der Waals surface area contributed by atoms with Crippen LogP contribution in [0, 0.1) is 5.92 Å². The second-order valence-corrected chi connectivity index (χ2v) is 7.02. The second-order valence-electron chi connectivity index (χ2n) is 4.68. The molecule has 14 heavy (non-hydrogen) atoms. The SMILES string of the molecule is CC(C)CCS(=O)(=O)C1CCCC1N. The van der Waals surface area contributed by atoms with Crippen molar-refractivity contribution in [2.45, 2.75) is 50.8 Å². The first kappa shape index (κ1) is 12.0. The summed E-state index contributed by atoms with van der Waals surface area (Å²) in [6.07, 6.45) is 3.35. The summed E-state index contributed by atoms with van der Waals surface area (Å²) in [4.78, 5) is 0. The maximum atomic E-state index is 11.9. The van der Waals surface area contributed by atoms with Gasteiger partial charge in [0.25, 0.3) is 0 Å². The summed E-state index contributed by atoms with van der Waals surface area (Å²) in [6.45, 7) is 4.09. The molecule has 1 aliphatic rings. The van der Waals surface area contributed by atoms with Crippen LogP contribution in [-0.2, 0) is 9.84 Å². The largest absolute Gasteiger partial charge is 0.327 e. The van der Waals surface area contributed by atoms with E-state index in [-0.39, 0.29) is 11.3 Å². The van der Waals surface area contributed by atoms with Crippen LogP contribution in [0.2, 0.25) is 0 Å². The molecule has 0 heterocycles. The molecule has 0 aromatic heterocycles. The van der Waals surface area contributed by atoms with Gasteiger partial charge in [0.05, 0.1) is 11.0 Å². The molecule has 0 radical (unpaired) electrons. The van der Waals surface area contributed by atoms with Gasteiger partial charge in [-0.2, -0.15) is 0 Å². The third kappa shape index (κ3) is 2.95. The van der Waals surface area contributed by atoms with Crippen molar-refractivity contribution >= 4 is 9.84 Å². The van der Waals surface area contributed by atoms with Gasteiger partial charge in [-0.3, -0.25) is 0 Å². The van der Waals surface area contributed by atoms with Crippen molar-refractivity contribution < 1.29 is 8.42 Å². The van der Waals surface area contributed by atoms with Crippen molar-refractivity contribution in [2.24, 2.45) is 11.7 Å². The molecule has 1 saturated carbocycles. The minimum Gasteiger partial charge on any atom is -0.327 e. The van der Waals surface area contributed by atoms with E-state index in [1.165, 1.54) is 0 Å². The minimum atomic E-state index is -2.93. The second kappa shape index (κ2) is 4.62. The Kier molecular flexibility index (Phi) is 3.95. The predicted octanol–water partition coefficient (Wildman–Crippen LogP) is 1.33. The zero-order chi connectivity index (χ0) is 10.8. The van der Waals surface area contributed by atoms with Crippen LogP contribution in [0.25, 0.3) is 0 Å². The Hall–Kier alpha value is -0.0900. The molecule has 3 nitrogen and oxygen atoms in total. The maximum Gasteiger partial charge on any atom is 0.154 e. The summed E-state index contributed by atoms with van der Waals surface area (Å²) >= 11 is 0. The summed E-state index contributed by atoms with van der Waals surface area (Å²) in [5, 5.41) is -0.263. The van der Waals surface area contributed by atoms with Crippen LogP contribution in [0.15, 0.2) is 0 Å². The number of hydrogen-bond acceptors (Lipinski definition) is 3. The standard InChI is InChI=1S/C10H21NO2S/c1-8(2)6-7-14(12,13)10-5-3-4-9(10)11/h8-10H,3-7,11H2,1-2H3. The third-order valence-electron chi connectivity index (χ3n) is 2.94. The van der Waals surface area contributed by atoms with Crippen molar-refractivity contribution in [3.8, 4) is 0 Å². The molecule has 0 aromatic carbocycles. The highest BCUT2D eigenvalue weighted by atomic mass is 32.2. The number of sulfone groups is 1. The highest BCUT2D eigenvalue weighted by Crippen LogP contribution is 2.25. The van der Waals surface area contributed by atoms with Gasteiger partial charge in [0.15, 0.2) is 9.84 Å². The van der Waals surface area contributed by atoms with Crippen LogP contribution < -0.4 is 5.73 Å². The van der Waals surface area contributed by atoms with Crippen molar-refractivity contribution in [3.05, 3.63) is 0 Å². The van der Waals surface area contributed by atoms with Gasteiger partial charge in [-0.25, -0.2) is 8.42 Å². The zero-order valence-electron chi connectivity index (χ0n) is 9.07. The molecule has 0 aliphatic heterocycles. The van der Waals surface area contributed by atoms with Gasteiger partial charge in [-0.15, -0.1) is 0 Å². The number of nitrogens with two attached hydrogens (primary N) is 1. The molecule has 0 spiro atoms. The predicted molar refractivity (Wildman–Crippen MR) is 58.9 cm³/mol. The molecule has 1 fully saturated rings. The topological polar surface area (TPSA) is 60.2 Å². The maximum absolute atomic E-state index is 11.9. The lowest BCUT2D eigenvalue weighted by molar-refractivity contribution is 0.551. The molecule has 4 heteroatoms. The lowest BCUT2D eigenvalue weighted by Gasteiger charge is -2.16. The summed E-state index contributed by atoms with van der Waals surface area (Å²) in [5.41, 5.74) is 5.79. The van der Waals surface area contributed by atoms with E-state index in [9.17, 15) is 8.42 Å². The van der Waals surface area contributed by atoms with E-state index in [4.69, 9.17) is 5.73 Å². The first-order valence-electron chi connectivity index (χ1n) is 5.40. The third-order valence-corrected chi connectivity index (χ3v) is 5.26. The molecular formula is C10H21NO2S. The van der Waals surface area contributed by atoms with Gasteiger partial charge in [0.2, 0.25) is 0 Å². The number of hydrogen-bond donors (Lipinski definition) is 1. The van der Waals surface area contributed by atoms with Gasteiger partial charge in [-0.05, 0) is 25.2 Å². The van der Waals surface area contributed by atoms with Crippen LogP contribution in [0.3, 0.4) is 0 Å². The van der Waals surface area contributed by atoms with E-state index in [0.29, 0.717) is 11.7 Å². The Balaban J connectivity index is 2.56. The Morgan fingerprint density at radius 2 is 2.00 bits per heavy atom. The van der Waals surface area contributed by atoms with Crippen LogP contribution in [0.4, 0.5) is 0 Å². The van der Waals surface area contributed by atoms with Gasteiger partial charge in [0.1, 0.15) is 0 Å².